The topological polar surface area (TPSA) is 12.0 Å². The molecule has 2 heteroatoms. The van der Waals surface area contributed by atoms with E-state index < -0.39 is 0 Å². The van der Waals surface area contributed by atoms with E-state index in [1.807, 2.05) is 11.3 Å². The summed E-state index contributed by atoms with van der Waals surface area (Å²) in [5.41, 5.74) is 0. The summed E-state index contributed by atoms with van der Waals surface area (Å²) in [5, 5.41) is 5.70. The van der Waals surface area contributed by atoms with E-state index in [4.69, 9.17) is 0 Å². The minimum Gasteiger partial charge on any atom is -0.314 e. The maximum absolute atomic E-state index is 3.55. The highest BCUT2D eigenvalue weighted by molar-refractivity contribution is 7.09. The Balaban J connectivity index is 2.12. The third-order valence-corrected chi connectivity index (χ3v) is 3.21. The Hall–Kier alpha value is -0.340. The predicted molar refractivity (Wildman–Crippen MR) is 64.9 cm³/mol. The molecule has 0 radical (unpaired) electrons. The normalized spacial score (nSPS) is 13.4. The molecule has 1 nitrogen and oxygen atoms in total. The van der Waals surface area contributed by atoms with E-state index in [1.165, 1.54) is 17.7 Å². The van der Waals surface area contributed by atoms with Gasteiger partial charge in [-0.15, -0.1) is 11.3 Å². The summed E-state index contributed by atoms with van der Waals surface area (Å²) in [6.07, 6.45) is 2.46. The molecular formula is C12H21NS. The minimum absolute atomic E-state index is 0.638. The maximum atomic E-state index is 3.55. The number of thiophene rings is 1. The zero-order valence-corrected chi connectivity index (χ0v) is 10.2. The minimum atomic E-state index is 0.638. The van der Waals surface area contributed by atoms with Crippen LogP contribution in [0.3, 0.4) is 0 Å². The molecule has 0 saturated carbocycles. The molecule has 1 unspecified atom stereocenters. The summed E-state index contributed by atoms with van der Waals surface area (Å²) in [6, 6.07) is 4.99. The highest BCUT2D eigenvalue weighted by atomic mass is 32.1. The first-order valence-corrected chi connectivity index (χ1v) is 6.32. The quantitative estimate of drug-likeness (QED) is 0.761. The van der Waals surface area contributed by atoms with Crippen LogP contribution in [-0.2, 0) is 6.42 Å². The summed E-state index contributed by atoms with van der Waals surface area (Å²) in [4.78, 5) is 1.50. The molecule has 1 N–H and O–H groups in total. The molecule has 1 rings (SSSR count). The van der Waals surface area contributed by atoms with Gasteiger partial charge in [0, 0.05) is 10.9 Å². The van der Waals surface area contributed by atoms with E-state index in [2.05, 4.69) is 43.6 Å². The van der Waals surface area contributed by atoms with Crippen LogP contribution in [0, 0.1) is 5.92 Å². The average Bonchev–Trinajstić information content (AvgIpc) is 2.63. The SMILES string of the molecule is CC(C)CNC(C)CCc1cccs1. The number of hydrogen-bond acceptors (Lipinski definition) is 2. The van der Waals surface area contributed by atoms with Crippen LogP contribution in [0.4, 0.5) is 0 Å². The van der Waals surface area contributed by atoms with Gasteiger partial charge in [-0.05, 0) is 43.7 Å². The Bertz CT molecular complexity index is 228. The summed E-state index contributed by atoms with van der Waals surface area (Å²) in [7, 11) is 0. The van der Waals surface area contributed by atoms with Crippen molar-refractivity contribution in [3.8, 4) is 0 Å². The van der Waals surface area contributed by atoms with Gasteiger partial charge in [-0.3, -0.25) is 0 Å². The molecule has 0 aliphatic heterocycles. The molecule has 0 aliphatic carbocycles. The molecule has 1 aromatic rings. The Kier molecular flexibility index (Phi) is 5.20. The molecular weight excluding hydrogens is 190 g/mol. The van der Waals surface area contributed by atoms with E-state index in [0.29, 0.717) is 6.04 Å². The second-order valence-corrected chi connectivity index (χ2v) is 5.35. The summed E-state index contributed by atoms with van der Waals surface area (Å²) < 4.78 is 0. The summed E-state index contributed by atoms with van der Waals surface area (Å²) >= 11 is 1.86. The molecule has 0 saturated heterocycles. The molecule has 0 spiro atoms. The van der Waals surface area contributed by atoms with Crippen molar-refractivity contribution in [1.82, 2.24) is 5.32 Å². The first-order chi connectivity index (χ1) is 6.68. The van der Waals surface area contributed by atoms with Gasteiger partial charge in [-0.25, -0.2) is 0 Å². The van der Waals surface area contributed by atoms with Crippen LogP contribution >= 0.6 is 11.3 Å². The molecule has 0 aromatic carbocycles. The van der Waals surface area contributed by atoms with Gasteiger partial charge in [0.2, 0.25) is 0 Å². The van der Waals surface area contributed by atoms with Gasteiger partial charge < -0.3 is 5.32 Å². The number of aryl methyl sites for hydroxylation is 1. The lowest BCUT2D eigenvalue weighted by Crippen LogP contribution is -2.29. The molecule has 1 aromatic heterocycles. The zero-order chi connectivity index (χ0) is 10.4. The number of nitrogens with one attached hydrogen (secondary N) is 1. The summed E-state index contributed by atoms with van der Waals surface area (Å²) in [6.45, 7) is 7.90. The van der Waals surface area contributed by atoms with Crippen molar-refractivity contribution in [2.45, 2.75) is 39.7 Å². The second-order valence-electron chi connectivity index (χ2n) is 4.32. The number of rotatable bonds is 6. The van der Waals surface area contributed by atoms with Crippen LogP contribution in [0.1, 0.15) is 32.1 Å². The highest BCUT2D eigenvalue weighted by Gasteiger charge is 2.03. The first kappa shape index (κ1) is 11.7. The van der Waals surface area contributed by atoms with Crippen molar-refractivity contribution in [2.24, 2.45) is 5.92 Å². The van der Waals surface area contributed by atoms with Crippen molar-refractivity contribution in [3.05, 3.63) is 22.4 Å². The fourth-order valence-corrected chi connectivity index (χ4v) is 2.08. The smallest absolute Gasteiger partial charge is 0.00458 e. The fourth-order valence-electron chi connectivity index (χ4n) is 1.35. The summed E-state index contributed by atoms with van der Waals surface area (Å²) in [5.74, 6) is 0.749. The third kappa shape index (κ3) is 4.77. The fraction of sp³-hybridized carbons (Fsp3) is 0.667. The molecule has 0 amide bonds. The maximum Gasteiger partial charge on any atom is 0.00458 e. The predicted octanol–water partition coefficient (Wildman–Crippen LogP) is 3.31. The van der Waals surface area contributed by atoms with Crippen molar-refractivity contribution in [1.29, 1.82) is 0 Å². The lowest BCUT2D eigenvalue weighted by Gasteiger charge is -2.14. The lowest BCUT2D eigenvalue weighted by atomic mass is 10.1. The molecule has 14 heavy (non-hydrogen) atoms. The van der Waals surface area contributed by atoms with Crippen molar-refractivity contribution in [2.75, 3.05) is 6.54 Å². The van der Waals surface area contributed by atoms with Gasteiger partial charge in [0.05, 0.1) is 0 Å². The zero-order valence-electron chi connectivity index (χ0n) is 9.42. The van der Waals surface area contributed by atoms with E-state index >= 15 is 0 Å². The largest absolute Gasteiger partial charge is 0.314 e. The third-order valence-electron chi connectivity index (χ3n) is 2.28. The van der Waals surface area contributed by atoms with Gasteiger partial charge in [-0.2, -0.15) is 0 Å². The Morgan fingerprint density at radius 3 is 2.71 bits per heavy atom. The second kappa shape index (κ2) is 6.20. The molecule has 80 valence electrons. The molecule has 0 fully saturated rings. The van der Waals surface area contributed by atoms with Crippen LogP contribution in [-0.4, -0.2) is 12.6 Å². The Labute approximate surface area is 91.5 Å². The monoisotopic (exact) mass is 211 g/mol. The van der Waals surface area contributed by atoms with E-state index in [-0.39, 0.29) is 0 Å². The van der Waals surface area contributed by atoms with Crippen molar-refractivity contribution < 1.29 is 0 Å². The van der Waals surface area contributed by atoms with Crippen LogP contribution in [0.15, 0.2) is 17.5 Å². The van der Waals surface area contributed by atoms with Crippen molar-refractivity contribution in [3.63, 3.8) is 0 Å². The van der Waals surface area contributed by atoms with Gasteiger partial charge in [0.25, 0.3) is 0 Å². The first-order valence-electron chi connectivity index (χ1n) is 5.44. The molecule has 0 aliphatic rings. The van der Waals surface area contributed by atoms with Crippen LogP contribution in [0.25, 0.3) is 0 Å². The van der Waals surface area contributed by atoms with Crippen LogP contribution in [0.2, 0.25) is 0 Å². The molecule has 0 bridgehead atoms. The standard InChI is InChI=1S/C12H21NS/c1-10(2)9-13-11(3)6-7-12-5-4-8-14-12/h4-5,8,10-11,13H,6-7,9H2,1-3H3. The lowest BCUT2D eigenvalue weighted by molar-refractivity contribution is 0.465. The van der Waals surface area contributed by atoms with E-state index in [9.17, 15) is 0 Å². The van der Waals surface area contributed by atoms with Gasteiger partial charge in [-0.1, -0.05) is 19.9 Å². The Morgan fingerprint density at radius 1 is 1.36 bits per heavy atom. The highest BCUT2D eigenvalue weighted by Crippen LogP contribution is 2.11. The van der Waals surface area contributed by atoms with Crippen molar-refractivity contribution >= 4 is 11.3 Å². The molecule has 1 atom stereocenters. The Morgan fingerprint density at radius 2 is 2.14 bits per heavy atom. The van der Waals surface area contributed by atoms with Crippen LogP contribution < -0.4 is 5.32 Å². The van der Waals surface area contributed by atoms with Gasteiger partial charge in [0.1, 0.15) is 0 Å². The van der Waals surface area contributed by atoms with Gasteiger partial charge >= 0.3 is 0 Å². The van der Waals surface area contributed by atoms with E-state index in [1.54, 1.807) is 0 Å². The number of hydrogen-bond donors (Lipinski definition) is 1. The van der Waals surface area contributed by atoms with Gasteiger partial charge in [0.15, 0.2) is 0 Å². The average molecular weight is 211 g/mol. The van der Waals surface area contributed by atoms with Crippen LogP contribution in [0.5, 0.6) is 0 Å². The van der Waals surface area contributed by atoms with E-state index in [0.717, 1.165) is 12.5 Å². The molecule has 1 heterocycles.